The molecule has 6 nitrogen and oxygen atoms in total. The highest BCUT2D eigenvalue weighted by Gasteiger charge is 2.31. The molecule has 110 valence electrons. The molecule has 0 saturated carbocycles. The largest absolute Gasteiger partial charge is 0.355 e. The van der Waals surface area contributed by atoms with E-state index in [1.54, 1.807) is 0 Å². The van der Waals surface area contributed by atoms with Crippen LogP contribution in [0.5, 0.6) is 0 Å². The summed E-state index contributed by atoms with van der Waals surface area (Å²) in [7, 11) is -1.95. The molecule has 1 heterocycles. The maximum Gasteiger partial charge on any atom is 0.251 e. The summed E-state index contributed by atoms with van der Waals surface area (Å²) in [6, 6.07) is 5.97. The van der Waals surface area contributed by atoms with E-state index in [0.29, 0.717) is 25.2 Å². The lowest BCUT2D eigenvalue weighted by Crippen LogP contribution is -2.30. The zero-order chi connectivity index (χ0) is 14.8. The minimum atomic E-state index is -3.48. The zero-order valence-corrected chi connectivity index (χ0v) is 12.2. The van der Waals surface area contributed by atoms with Gasteiger partial charge in [0.15, 0.2) is 0 Å². The van der Waals surface area contributed by atoms with Gasteiger partial charge < -0.3 is 11.1 Å². The molecule has 7 heteroatoms. The molecule has 1 fully saturated rings. The van der Waals surface area contributed by atoms with Gasteiger partial charge in [-0.25, -0.2) is 8.42 Å². The first-order valence-corrected chi connectivity index (χ1v) is 7.95. The van der Waals surface area contributed by atoms with Gasteiger partial charge in [-0.15, -0.1) is 0 Å². The van der Waals surface area contributed by atoms with Crippen molar-refractivity contribution >= 4 is 15.9 Å². The highest BCUT2D eigenvalue weighted by molar-refractivity contribution is 7.89. The molecule has 0 radical (unpaired) electrons. The van der Waals surface area contributed by atoms with Crippen LogP contribution >= 0.6 is 0 Å². The predicted octanol–water partition coefficient (Wildman–Crippen LogP) is 0.0155. The average Bonchev–Trinajstić information content (AvgIpc) is 2.96. The third-order valence-corrected chi connectivity index (χ3v) is 5.44. The monoisotopic (exact) mass is 297 g/mol. The molecule has 1 aliphatic rings. The second-order valence-corrected chi connectivity index (χ2v) is 6.79. The fraction of sp³-hybridized carbons (Fsp3) is 0.462. The Hall–Kier alpha value is -1.44. The lowest BCUT2D eigenvalue weighted by atomic mass is 10.1. The number of nitrogens with two attached hydrogens (primary N) is 1. The van der Waals surface area contributed by atoms with Gasteiger partial charge >= 0.3 is 0 Å². The minimum Gasteiger partial charge on any atom is -0.355 e. The standard InChI is InChI=1S/C13H19N3O3S/c1-15-13(17)11-2-4-12(5-3-11)20(18,19)16-7-6-10(8-14)9-16/h2-5,10H,6-9,14H2,1H3,(H,15,17)/t10-/m1/s1. The van der Waals surface area contributed by atoms with E-state index in [-0.39, 0.29) is 16.7 Å². The van der Waals surface area contributed by atoms with E-state index in [9.17, 15) is 13.2 Å². The van der Waals surface area contributed by atoms with Crippen molar-refractivity contribution in [3.8, 4) is 0 Å². The fourth-order valence-corrected chi connectivity index (χ4v) is 3.81. The van der Waals surface area contributed by atoms with Crippen molar-refractivity contribution < 1.29 is 13.2 Å². The lowest BCUT2D eigenvalue weighted by Gasteiger charge is -2.16. The summed E-state index contributed by atoms with van der Waals surface area (Å²) in [6.07, 6.45) is 0.798. The molecule has 2 rings (SSSR count). The first kappa shape index (κ1) is 15.0. The van der Waals surface area contributed by atoms with Crippen LogP contribution in [0.15, 0.2) is 29.2 Å². The van der Waals surface area contributed by atoms with Crippen LogP contribution < -0.4 is 11.1 Å². The number of benzene rings is 1. The number of nitrogens with one attached hydrogen (secondary N) is 1. The van der Waals surface area contributed by atoms with Crippen LogP contribution in [-0.2, 0) is 10.0 Å². The fourth-order valence-electron chi connectivity index (χ4n) is 2.28. The van der Waals surface area contributed by atoms with Gasteiger partial charge in [0.05, 0.1) is 4.90 Å². The molecule has 3 N–H and O–H groups in total. The Morgan fingerprint density at radius 3 is 2.55 bits per heavy atom. The van der Waals surface area contributed by atoms with Gasteiger partial charge in [-0.05, 0) is 43.1 Å². The molecule has 1 saturated heterocycles. The smallest absolute Gasteiger partial charge is 0.251 e. The van der Waals surface area contributed by atoms with E-state index in [2.05, 4.69) is 5.32 Å². The Morgan fingerprint density at radius 1 is 1.40 bits per heavy atom. The third-order valence-electron chi connectivity index (χ3n) is 3.56. The molecule has 1 aromatic carbocycles. The first-order chi connectivity index (χ1) is 9.48. The van der Waals surface area contributed by atoms with Gasteiger partial charge in [-0.1, -0.05) is 0 Å². The van der Waals surface area contributed by atoms with Crippen molar-refractivity contribution in [3.63, 3.8) is 0 Å². The summed E-state index contributed by atoms with van der Waals surface area (Å²) in [5.41, 5.74) is 6.02. The molecule has 0 unspecified atom stereocenters. The molecule has 0 aliphatic carbocycles. The van der Waals surface area contributed by atoms with Gasteiger partial charge in [-0.3, -0.25) is 4.79 Å². The van der Waals surface area contributed by atoms with E-state index in [0.717, 1.165) is 6.42 Å². The molecule has 1 amide bonds. The van der Waals surface area contributed by atoms with E-state index < -0.39 is 10.0 Å². The van der Waals surface area contributed by atoms with Gasteiger partial charge in [0.1, 0.15) is 0 Å². The molecule has 1 aliphatic heterocycles. The topological polar surface area (TPSA) is 92.5 Å². The Morgan fingerprint density at radius 2 is 2.05 bits per heavy atom. The van der Waals surface area contributed by atoms with Crippen molar-refractivity contribution in [2.24, 2.45) is 11.7 Å². The first-order valence-electron chi connectivity index (χ1n) is 6.51. The van der Waals surface area contributed by atoms with Crippen molar-refractivity contribution in [1.29, 1.82) is 0 Å². The Bertz CT molecular complexity index is 583. The zero-order valence-electron chi connectivity index (χ0n) is 11.4. The van der Waals surface area contributed by atoms with Gasteiger partial charge in [0, 0.05) is 25.7 Å². The van der Waals surface area contributed by atoms with Crippen LogP contribution in [-0.4, -0.2) is 45.3 Å². The van der Waals surface area contributed by atoms with Gasteiger partial charge in [0.2, 0.25) is 10.0 Å². The molecule has 20 heavy (non-hydrogen) atoms. The summed E-state index contributed by atoms with van der Waals surface area (Å²) in [4.78, 5) is 11.6. The molecule has 0 bridgehead atoms. The van der Waals surface area contributed by atoms with Crippen molar-refractivity contribution in [2.45, 2.75) is 11.3 Å². The van der Waals surface area contributed by atoms with Gasteiger partial charge in [-0.2, -0.15) is 4.31 Å². The summed E-state index contributed by atoms with van der Waals surface area (Å²) in [6.45, 7) is 1.47. The van der Waals surface area contributed by atoms with Crippen LogP contribution in [0.3, 0.4) is 0 Å². The quantitative estimate of drug-likeness (QED) is 0.819. The number of nitrogens with zero attached hydrogens (tertiary/aromatic N) is 1. The van der Waals surface area contributed by atoms with Gasteiger partial charge in [0.25, 0.3) is 5.91 Å². The van der Waals surface area contributed by atoms with E-state index in [1.165, 1.54) is 35.6 Å². The number of hydrogen-bond donors (Lipinski definition) is 2. The van der Waals surface area contributed by atoms with Crippen LogP contribution in [0.25, 0.3) is 0 Å². The lowest BCUT2D eigenvalue weighted by molar-refractivity contribution is 0.0963. The third kappa shape index (κ3) is 2.84. The second-order valence-electron chi connectivity index (χ2n) is 4.86. The Balaban J connectivity index is 2.20. The Kier molecular flexibility index (Phi) is 4.42. The minimum absolute atomic E-state index is 0.211. The number of carbonyl (C=O) groups excluding carboxylic acids is 1. The number of sulfonamides is 1. The molecular weight excluding hydrogens is 278 g/mol. The summed E-state index contributed by atoms with van der Waals surface area (Å²) >= 11 is 0. The summed E-state index contributed by atoms with van der Waals surface area (Å²) in [5.74, 6) is -0.00627. The Labute approximate surface area is 119 Å². The predicted molar refractivity (Wildman–Crippen MR) is 75.8 cm³/mol. The molecule has 0 spiro atoms. The van der Waals surface area contributed by atoms with Crippen LogP contribution in [0.1, 0.15) is 16.8 Å². The maximum absolute atomic E-state index is 12.4. The molecular formula is C13H19N3O3S. The van der Waals surface area contributed by atoms with Crippen LogP contribution in [0.2, 0.25) is 0 Å². The van der Waals surface area contributed by atoms with Crippen LogP contribution in [0, 0.1) is 5.92 Å². The number of hydrogen-bond acceptors (Lipinski definition) is 4. The maximum atomic E-state index is 12.4. The normalized spacial score (nSPS) is 20.0. The van der Waals surface area contributed by atoms with Crippen LogP contribution in [0.4, 0.5) is 0 Å². The number of rotatable bonds is 4. The molecule has 1 atom stereocenters. The summed E-state index contributed by atoms with van der Waals surface area (Å²) < 4.78 is 26.3. The molecule has 0 aromatic heterocycles. The van der Waals surface area contributed by atoms with E-state index in [1.807, 2.05) is 0 Å². The van der Waals surface area contributed by atoms with Crippen molar-refractivity contribution in [3.05, 3.63) is 29.8 Å². The summed E-state index contributed by atoms with van der Waals surface area (Å²) in [5, 5.41) is 2.50. The average molecular weight is 297 g/mol. The highest BCUT2D eigenvalue weighted by Crippen LogP contribution is 2.23. The number of amides is 1. The number of carbonyl (C=O) groups is 1. The highest BCUT2D eigenvalue weighted by atomic mass is 32.2. The van der Waals surface area contributed by atoms with Crippen molar-refractivity contribution in [1.82, 2.24) is 9.62 Å². The van der Waals surface area contributed by atoms with Crippen molar-refractivity contribution in [2.75, 3.05) is 26.7 Å². The van der Waals surface area contributed by atoms with E-state index in [4.69, 9.17) is 5.73 Å². The molecule has 1 aromatic rings. The second kappa shape index (κ2) is 5.90. The van der Waals surface area contributed by atoms with E-state index >= 15 is 0 Å². The SMILES string of the molecule is CNC(=O)c1ccc(S(=O)(=O)N2CC[C@H](CN)C2)cc1.